The Morgan fingerprint density at radius 3 is 0.383 bits per heavy atom. The number of fused-ring (bicyclic) bond motifs is 15. The van der Waals surface area contributed by atoms with Gasteiger partial charge in [-0.25, -0.2) is 0 Å². The first-order valence-corrected chi connectivity index (χ1v) is 52.1. The van der Waals surface area contributed by atoms with Crippen LogP contribution < -0.4 is 0 Å². The second kappa shape index (κ2) is 52.2. The van der Waals surface area contributed by atoms with Crippen molar-refractivity contribution >= 4 is 63.1 Å². The predicted molar refractivity (Wildman–Crippen MR) is 530 cm³/mol. The maximum Gasteiger partial charge on any atom is 0.00401 e. The van der Waals surface area contributed by atoms with Crippen molar-refractivity contribution in [3.63, 3.8) is 0 Å². The third-order valence-electron chi connectivity index (χ3n) is 34.7. The van der Waals surface area contributed by atoms with E-state index in [1.807, 2.05) is 0 Å². The Balaban J connectivity index is 0.000000230. The van der Waals surface area contributed by atoms with E-state index in [2.05, 4.69) is 219 Å². The zero-order chi connectivity index (χ0) is 80.9. The molecular weight excluding hydrogens is 1580 g/mol. The van der Waals surface area contributed by atoms with Gasteiger partial charge in [0.25, 0.3) is 0 Å². The van der Waals surface area contributed by atoms with Gasteiger partial charge in [-0.1, -0.05) is 288 Å². The Morgan fingerprint density at radius 2 is 0.267 bits per heavy atom. The van der Waals surface area contributed by atoms with E-state index in [9.17, 15) is 0 Å². The standard InChI is InChI=1S/5C22H34S.5FH/c5*1-2-3-4-5-6-7-12-21-13-16-22(17-14-21,18-15-21)19-8-10-20(23)11-9-19;;;;;/h5*8-11,23H,2-7,12-18H2,1H3;5*1H. The number of thiol groups is 5. The van der Waals surface area contributed by atoms with Crippen molar-refractivity contribution in [1.29, 1.82) is 0 Å². The molecule has 0 radical (unpaired) electrons. The van der Waals surface area contributed by atoms with E-state index in [0.717, 1.165) is 51.6 Å². The summed E-state index contributed by atoms with van der Waals surface area (Å²) in [7, 11) is 0. The van der Waals surface area contributed by atoms with E-state index in [4.69, 9.17) is 0 Å². The molecule has 0 spiro atoms. The third kappa shape index (κ3) is 29.3. The SMILES string of the molecule is CCCCCCCCC12CCC(c3ccc(S)cc3)(CC1)CC2.CCCCCCCCC12CCC(c3ccc(S)cc3)(CC1)CC2.CCCCCCCCC12CCC(c3ccc(S)cc3)(CC1)CC2.CCCCCCCCC12CCC(c3ccc(S)cc3)(CC1)CC2.CCCCCCCCC12CCC(c3ccc(S)cc3)(CC1)CC2.F.F.F.F.F. The van der Waals surface area contributed by atoms with Crippen molar-refractivity contribution < 1.29 is 23.5 Å². The van der Waals surface area contributed by atoms with Crippen LogP contribution in [0.4, 0.5) is 23.5 Å². The monoisotopic (exact) mass is 1750 g/mol. The predicted octanol–water partition coefficient (Wildman–Crippen LogP) is 37.4. The van der Waals surface area contributed by atoms with Crippen LogP contribution in [0.1, 0.15) is 480 Å². The van der Waals surface area contributed by atoms with Crippen molar-refractivity contribution in [3.8, 4) is 0 Å². The fraction of sp³-hybridized carbons (Fsp3) is 0.727. The van der Waals surface area contributed by atoms with Crippen LogP contribution in [0, 0.1) is 27.1 Å². The van der Waals surface area contributed by atoms with Crippen LogP contribution in [-0.2, 0) is 27.1 Å². The van der Waals surface area contributed by atoms with E-state index in [0.29, 0.717) is 27.1 Å². The molecule has 680 valence electrons. The van der Waals surface area contributed by atoms with Crippen molar-refractivity contribution in [1.82, 2.24) is 0 Å². The van der Waals surface area contributed by atoms with Crippen molar-refractivity contribution in [3.05, 3.63) is 149 Å². The fourth-order valence-corrected chi connectivity index (χ4v) is 26.6. The van der Waals surface area contributed by atoms with Gasteiger partial charge >= 0.3 is 0 Å². The Kier molecular flexibility index (Phi) is 46.3. The van der Waals surface area contributed by atoms with Crippen LogP contribution in [-0.4, -0.2) is 0 Å². The Bertz CT molecular complexity index is 2890. The van der Waals surface area contributed by atoms with E-state index in [1.54, 1.807) is 27.8 Å². The van der Waals surface area contributed by atoms with Gasteiger partial charge in [-0.15, -0.1) is 63.1 Å². The Morgan fingerprint density at radius 1 is 0.158 bits per heavy atom. The molecule has 20 rings (SSSR count). The summed E-state index contributed by atoms with van der Waals surface area (Å²) in [5.41, 5.74) is 14.0. The second-order valence-electron chi connectivity index (χ2n) is 41.7. The number of rotatable bonds is 40. The lowest BCUT2D eigenvalue weighted by molar-refractivity contribution is 0.0304. The smallest absolute Gasteiger partial charge is 0.00401 e. The average Bonchev–Trinajstić information content (AvgIpc) is 0.776. The van der Waals surface area contributed by atoms with Crippen LogP contribution in [0.5, 0.6) is 0 Å². The summed E-state index contributed by atoms with van der Waals surface area (Å²) in [5.74, 6) is 0. The lowest BCUT2D eigenvalue weighted by atomic mass is 9.51. The molecule has 10 heteroatoms. The summed E-state index contributed by atoms with van der Waals surface area (Å²) >= 11 is 22.2. The molecule has 0 atom stereocenters. The molecule has 0 heterocycles. The average molecular weight is 1750 g/mol. The molecule has 0 amide bonds. The van der Waals surface area contributed by atoms with Crippen molar-refractivity contribution in [2.75, 3.05) is 0 Å². The zero-order valence-corrected chi connectivity index (χ0v) is 81.3. The van der Waals surface area contributed by atoms with Gasteiger partial charge in [0.05, 0.1) is 0 Å². The van der Waals surface area contributed by atoms with Gasteiger partial charge in [0.15, 0.2) is 0 Å². The molecule has 15 fully saturated rings. The summed E-state index contributed by atoms with van der Waals surface area (Å²) in [6.45, 7) is 11.5. The van der Waals surface area contributed by atoms with Crippen LogP contribution >= 0.6 is 63.1 Å². The van der Waals surface area contributed by atoms with Gasteiger partial charge in [-0.3, -0.25) is 23.5 Å². The molecule has 0 aromatic heterocycles. The maximum atomic E-state index is 4.44. The van der Waals surface area contributed by atoms with Crippen molar-refractivity contribution in [2.45, 2.75) is 504 Å². The lowest BCUT2D eigenvalue weighted by Crippen LogP contribution is -2.44. The molecule has 10 bridgehead atoms. The highest BCUT2D eigenvalue weighted by Gasteiger charge is 2.53. The zero-order valence-electron chi connectivity index (χ0n) is 76.8. The molecule has 0 aliphatic heterocycles. The summed E-state index contributed by atoms with van der Waals surface area (Å²) in [6, 6.07) is 45.2. The van der Waals surface area contributed by atoms with Gasteiger partial charge in [0.1, 0.15) is 0 Å². The fourth-order valence-electron chi connectivity index (χ4n) is 25.8. The normalized spacial score (nSPS) is 28.6. The molecule has 15 saturated carbocycles. The van der Waals surface area contributed by atoms with Gasteiger partial charge in [-0.05, 0) is 367 Å². The minimum atomic E-state index is 0. The first-order valence-electron chi connectivity index (χ1n) is 49.9. The van der Waals surface area contributed by atoms with E-state index in [-0.39, 0.29) is 23.5 Å². The van der Waals surface area contributed by atoms with Crippen LogP contribution in [0.3, 0.4) is 0 Å². The summed E-state index contributed by atoms with van der Waals surface area (Å²) in [6.07, 6.45) is 94.3. The molecule has 0 unspecified atom stereocenters. The molecule has 0 nitrogen and oxygen atoms in total. The summed E-state index contributed by atoms with van der Waals surface area (Å²) < 4.78 is 0. The lowest BCUT2D eigenvalue weighted by Gasteiger charge is -2.54. The second-order valence-corrected chi connectivity index (χ2v) is 44.3. The Labute approximate surface area is 760 Å². The number of halogens is 5. The highest BCUT2D eigenvalue weighted by Crippen LogP contribution is 2.65. The van der Waals surface area contributed by atoms with Gasteiger partial charge in [0.2, 0.25) is 0 Å². The quantitative estimate of drug-likeness (QED) is 0.0144. The number of hydrogen-bond donors (Lipinski definition) is 5. The first-order chi connectivity index (χ1) is 55.9. The summed E-state index contributed by atoms with van der Waals surface area (Å²) in [5, 5.41) is 0. The first kappa shape index (κ1) is 106. The maximum absolute atomic E-state index is 4.44. The van der Waals surface area contributed by atoms with Crippen LogP contribution in [0.15, 0.2) is 146 Å². The van der Waals surface area contributed by atoms with Gasteiger partial charge in [-0.2, -0.15) is 0 Å². The molecule has 5 aromatic rings. The summed E-state index contributed by atoms with van der Waals surface area (Å²) in [4.78, 5) is 5.46. The highest BCUT2D eigenvalue weighted by atomic mass is 32.1. The van der Waals surface area contributed by atoms with E-state index < -0.39 is 0 Å². The van der Waals surface area contributed by atoms with Gasteiger partial charge < -0.3 is 0 Å². The van der Waals surface area contributed by atoms with Crippen molar-refractivity contribution in [2.24, 2.45) is 27.1 Å². The van der Waals surface area contributed by atoms with E-state index in [1.165, 1.54) is 417 Å². The number of benzene rings is 5. The Hall–Kier alpha value is -2.50. The number of unbranched alkanes of at least 4 members (excludes halogenated alkanes) is 25. The molecule has 0 saturated heterocycles. The van der Waals surface area contributed by atoms with Crippen LogP contribution in [0.2, 0.25) is 0 Å². The molecule has 0 N–H and O–H groups in total. The molecule has 15 aliphatic rings. The highest BCUT2D eigenvalue weighted by molar-refractivity contribution is 7.81. The minimum absolute atomic E-state index is 0. The molecule has 15 aliphatic carbocycles. The molecular formula is C110H175F5S5. The number of hydrogen-bond acceptors (Lipinski definition) is 5. The molecule has 5 aromatic carbocycles. The minimum Gasteiger partial charge on any atom is -0.269 e. The van der Waals surface area contributed by atoms with Crippen LogP contribution in [0.25, 0.3) is 0 Å². The molecule has 120 heavy (non-hydrogen) atoms. The van der Waals surface area contributed by atoms with Gasteiger partial charge in [0, 0.05) is 24.5 Å². The topological polar surface area (TPSA) is 0 Å². The largest absolute Gasteiger partial charge is 0.269 e. The van der Waals surface area contributed by atoms with E-state index >= 15 is 0 Å². The third-order valence-corrected chi connectivity index (χ3v) is 36.2.